The second-order valence-corrected chi connectivity index (χ2v) is 15.1. The summed E-state index contributed by atoms with van der Waals surface area (Å²) in [6, 6.07) is 15.2. The summed E-state index contributed by atoms with van der Waals surface area (Å²) in [5.74, 6) is -0.878. The maximum Gasteiger partial charge on any atom is 0.259 e. The third kappa shape index (κ3) is 6.24. The fraction of sp³-hybridized carbons (Fsp3) is 0.429. The minimum absolute atomic E-state index is 0.0994. The number of sulfonamides is 1. The van der Waals surface area contributed by atoms with Crippen molar-refractivity contribution in [2.75, 3.05) is 13.7 Å². The molecule has 2 aromatic carbocycles. The maximum absolute atomic E-state index is 14.0. The lowest BCUT2D eigenvalue weighted by molar-refractivity contribution is -0.140. The van der Waals surface area contributed by atoms with Crippen molar-refractivity contribution in [1.29, 1.82) is 0 Å². The molecule has 5 atom stereocenters. The van der Waals surface area contributed by atoms with Crippen LogP contribution in [0.3, 0.4) is 0 Å². The Morgan fingerprint density at radius 2 is 1.90 bits per heavy atom. The number of fused-ring (bicyclic) bond motifs is 3. The van der Waals surface area contributed by atoms with Crippen LogP contribution >= 0.6 is 0 Å². The normalized spacial score (nSPS) is 28.2. The number of ether oxygens (including phenoxy) is 2. The van der Waals surface area contributed by atoms with Crippen LogP contribution in [0.15, 0.2) is 66.7 Å². The number of methoxy groups -OCH3 is 1. The number of benzene rings is 2. The van der Waals surface area contributed by atoms with E-state index in [2.05, 4.69) is 10.0 Å². The lowest BCUT2D eigenvalue weighted by Crippen LogP contribution is -2.57. The zero-order valence-corrected chi connectivity index (χ0v) is 27.4. The molecule has 7 rings (SSSR count). The van der Waals surface area contributed by atoms with E-state index in [9.17, 15) is 22.8 Å². The number of pyridine rings is 1. The molecule has 0 spiro atoms. The summed E-state index contributed by atoms with van der Waals surface area (Å²) in [6.45, 7) is 0.0994. The highest BCUT2D eigenvalue weighted by atomic mass is 32.2. The minimum atomic E-state index is -3.83. The van der Waals surface area contributed by atoms with Crippen LogP contribution in [-0.2, 0) is 24.4 Å². The zero-order valence-electron chi connectivity index (χ0n) is 26.6. The van der Waals surface area contributed by atoms with Crippen molar-refractivity contribution in [3.63, 3.8) is 0 Å². The number of rotatable bonds is 7. The molecule has 3 amide bonds. The van der Waals surface area contributed by atoms with Crippen molar-refractivity contribution in [3.8, 4) is 22.8 Å². The molecular weight excluding hydrogens is 634 g/mol. The van der Waals surface area contributed by atoms with Gasteiger partial charge in [0.05, 0.1) is 36.2 Å². The molecule has 1 aromatic heterocycles. The predicted molar refractivity (Wildman–Crippen MR) is 178 cm³/mol. The van der Waals surface area contributed by atoms with Gasteiger partial charge in [0.1, 0.15) is 29.2 Å². The van der Waals surface area contributed by atoms with E-state index in [4.69, 9.17) is 20.2 Å². The van der Waals surface area contributed by atoms with Gasteiger partial charge in [-0.3, -0.25) is 19.1 Å². The van der Waals surface area contributed by atoms with E-state index in [0.717, 1.165) is 10.9 Å². The first-order chi connectivity index (χ1) is 23.1. The summed E-state index contributed by atoms with van der Waals surface area (Å²) < 4.78 is 39.6. The van der Waals surface area contributed by atoms with Crippen LogP contribution in [0.1, 0.15) is 44.9 Å². The first kappa shape index (κ1) is 32.1. The van der Waals surface area contributed by atoms with Crippen LogP contribution in [0.4, 0.5) is 0 Å². The number of hydrogen-bond acceptors (Lipinski definition) is 9. The number of amides is 3. The van der Waals surface area contributed by atoms with Crippen molar-refractivity contribution in [2.45, 2.75) is 73.9 Å². The second-order valence-electron chi connectivity index (χ2n) is 13.1. The number of nitrogens with one attached hydrogen (secondary N) is 2. The summed E-state index contributed by atoms with van der Waals surface area (Å²) in [6.07, 6.45) is 6.25. The van der Waals surface area contributed by atoms with Gasteiger partial charge in [-0.05, 0) is 50.7 Å². The van der Waals surface area contributed by atoms with E-state index in [1.165, 1.54) is 4.90 Å². The molecule has 48 heavy (non-hydrogen) atoms. The standard InChI is InChI=1S/C35H39N5O7S/c1-46-23-12-15-26-29(16-23)37-28(21-8-4-2-5-9-21)18-31(26)47-24-17-30-32(41)38-35(34(43)39-48(44,45)25-13-14-25)19-22(35)10-6-3-7-11-27(36)33(42)40(30)20-24/h2,4-6,8-10,12,15-16,18,22,24-25,27,30H,3,7,11,13-14,17,19-20,36H2,1H3,(H,38,41)(H,39,43)/b10-6+/t22?,24-,27+,30+,35-/m1/s1. The molecule has 2 aliphatic heterocycles. The van der Waals surface area contributed by atoms with Gasteiger partial charge in [0, 0.05) is 35.4 Å². The van der Waals surface area contributed by atoms with Crippen molar-refractivity contribution < 1.29 is 32.3 Å². The van der Waals surface area contributed by atoms with Gasteiger partial charge in [-0.2, -0.15) is 0 Å². The number of allylic oxidation sites excluding steroid dienone is 1. The van der Waals surface area contributed by atoms with Crippen molar-refractivity contribution in [2.24, 2.45) is 11.7 Å². The molecule has 3 heterocycles. The Balaban J connectivity index is 1.19. The molecule has 0 radical (unpaired) electrons. The second kappa shape index (κ2) is 12.5. The Morgan fingerprint density at radius 1 is 1.10 bits per heavy atom. The summed E-state index contributed by atoms with van der Waals surface area (Å²) in [4.78, 5) is 47.6. The molecule has 2 saturated carbocycles. The van der Waals surface area contributed by atoms with Crippen LogP contribution in [0.25, 0.3) is 22.2 Å². The van der Waals surface area contributed by atoms with Gasteiger partial charge in [0.25, 0.3) is 5.91 Å². The Kier molecular flexibility index (Phi) is 8.36. The third-order valence-corrected chi connectivity index (χ3v) is 11.5. The van der Waals surface area contributed by atoms with E-state index in [0.29, 0.717) is 54.8 Å². The van der Waals surface area contributed by atoms with Gasteiger partial charge in [-0.1, -0.05) is 42.5 Å². The van der Waals surface area contributed by atoms with E-state index in [1.807, 2.05) is 66.7 Å². The smallest absolute Gasteiger partial charge is 0.259 e. The first-order valence-electron chi connectivity index (χ1n) is 16.4. The zero-order chi connectivity index (χ0) is 33.6. The molecule has 1 saturated heterocycles. The minimum Gasteiger partial charge on any atom is -0.497 e. The number of carbonyl (C=O) groups excluding carboxylic acids is 3. The average Bonchev–Trinajstić information content (AvgIpc) is 4.01. The molecule has 3 fully saturated rings. The molecule has 4 aliphatic rings. The highest BCUT2D eigenvalue weighted by molar-refractivity contribution is 7.91. The monoisotopic (exact) mass is 673 g/mol. The fourth-order valence-corrected chi connectivity index (χ4v) is 8.10. The summed E-state index contributed by atoms with van der Waals surface area (Å²) in [7, 11) is -2.25. The summed E-state index contributed by atoms with van der Waals surface area (Å²) >= 11 is 0. The topological polar surface area (TPSA) is 170 Å². The molecule has 252 valence electrons. The van der Waals surface area contributed by atoms with Crippen molar-refractivity contribution >= 4 is 38.6 Å². The van der Waals surface area contributed by atoms with Gasteiger partial charge >= 0.3 is 0 Å². The molecule has 0 bridgehead atoms. The Morgan fingerprint density at radius 3 is 2.65 bits per heavy atom. The number of aromatic nitrogens is 1. The van der Waals surface area contributed by atoms with E-state index in [1.54, 1.807) is 7.11 Å². The Bertz CT molecular complexity index is 1900. The number of carbonyl (C=O) groups is 3. The van der Waals surface area contributed by atoms with Crippen molar-refractivity contribution in [3.05, 3.63) is 66.7 Å². The Hall–Kier alpha value is -4.49. The van der Waals surface area contributed by atoms with Crippen LogP contribution in [-0.4, -0.2) is 78.7 Å². The van der Waals surface area contributed by atoms with Gasteiger partial charge in [-0.15, -0.1) is 0 Å². The highest BCUT2D eigenvalue weighted by Gasteiger charge is 2.62. The van der Waals surface area contributed by atoms with E-state index in [-0.39, 0.29) is 31.2 Å². The molecule has 2 aliphatic carbocycles. The number of nitrogens with zero attached hydrogens (tertiary/aromatic N) is 2. The average molecular weight is 674 g/mol. The molecule has 4 N–H and O–H groups in total. The fourth-order valence-electron chi connectivity index (χ4n) is 6.73. The van der Waals surface area contributed by atoms with Gasteiger partial charge in [0.15, 0.2) is 0 Å². The van der Waals surface area contributed by atoms with Gasteiger partial charge in [-0.25, -0.2) is 13.4 Å². The van der Waals surface area contributed by atoms with Gasteiger partial charge in [0.2, 0.25) is 21.8 Å². The molecule has 13 heteroatoms. The molecular formula is C35H39N5O7S. The SMILES string of the molecule is COc1ccc2c(O[C@@H]3C[C@H]4C(=O)N[C@]5(C(=O)NS(=O)(=O)C6CC6)CC5/C=C/CCC[C@H](N)C(=O)N4C3)cc(-c3ccccc3)nc2c1. The number of hydrogen-bond donors (Lipinski definition) is 3. The predicted octanol–water partition coefficient (Wildman–Crippen LogP) is 2.81. The first-order valence-corrected chi connectivity index (χ1v) is 17.9. The summed E-state index contributed by atoms with van der Waals surface area (Å²) in [5, 5.41) is 3.02. The lowest BCUT2D eigenvalue weighted by atomic mass is 10.1. The molecule has 1 unspecified atom stereocenters. The van der Waals surface area contributed by atoms with Crippen LogP contribution in [0, 0.1) is 5.92 Å². The number of nitrogens with two attached hydrogens (primary N) is 1. The van der Waals surface area contributed by atoms with E-state index < -0.39 is 50.8 Å². The van der Waals surface area contributed by atoms with Crippen LogP contribution < -0.4 is 25.2 Å². The summed E-state index contributed by atoms with van der Waals surface area (Å²) in [5.41, 5.74) is 7.16. The van der Waals surface area contributed by atoms with Crippen LogP contribution in [0.2, 0.25) is 0 Å². The van der Waals surface area contributed by atoms with Crippen molar-refractivity contribution in [1.82, 2.24) is 19.9 Å². The van der Waals surface area contributed by atoms with E-state index >= 15 is 0 Å². The van der Waals surface area contributed by atoms with Crippen LogP contribution in [0.5, 0.6) is 11.5 Å². The maximum atomic E-state index is 14.0. The largest absolute Gasteiger partial charge is 0.497 e. The third-order valence-electron chi connectivity index (χ3n) is 9.73. The Labute approximate surface area is 279 Å². The molecule has 3 aromatic rings. The quantitative estimate of drug-likeness (QED) is 0.319. The highest BCUT2D eigenvalue weighted by Crippen LogP contribution is 2.46. The van der Waals surface area contributed by atoms with Gasteiger partial charge < -0.3 is 25.4 Å². The molecule has 12 nitrogen and oxygen atoms in total. The lowest BCUT2D eigenvalue weighted by Gasteiger charge is -2.28.